The Hall–Kier alpha value is -4.68. The maximum atomic E-state index is 13.6. The summed E-state index contributed by atoms with van der Waals surface area (Å²) in [5.74, 6) is -0.329. The molecule has 0 bridgehead atoms. The molecule has 4 aromatic rings. The van der Waals surface area contributed by atoms with Crippen LogP contribution >= 0.6 is 0 Å². The molecule has 0 unspecified atom stereocenters. The van der Waals surface area contributed by atoms with Crippen molar-refractivity contribution in [3.8, 4) is 17.1 Å². The van der Waals surface area contributed by atoms with E-state index < -0.39 is 18.3 Å². The van der Waals surface area contributed by atoms with Gasteiger partial charge in [-0.3, -0.25) is 9.89 Å². The van der Waals surface area contributed by atoms with E-state index in [4.69, 9.17) is 4.74 Å². The number of aromatic amines is 1. The van der Waals surface area contributed by atoms with Gasteiger partial charge in [0.15, 0.2) is 11.6 Å². The number of aryl methyl sites for hydroxylation is 1. The minimum atomic E-state index is -3.12. The number of benzene rings is 1. The Balaban J connectivity index is 1.75. The van der Waals surface area contributed by atoms with E-state index in [1.54, 1.807) is 13.0 Å². The summed E-state index contributed by atoms with van der Waals surface area (Å²) in [6, 6.07) is 7.61. The first-order valence-electron chi connectivity index (χ1n) is 10.2. The first-order valence-corrected chi connectivity index (χ1v) is 10.2. The van der Waals surface area contributed by atoms with Crippen molar-refractivity contribution in [1.82, 2.24) is 30.5 Å². The number of amides is 1. The summed E-state index contributed by atoms with van der Waals surface area (Å²) < 4.78 is 44.9. The number of carbonyl (C=O) groups is 1. The highest BCUT2D eigenvalue weighted by molar-refractivity contribution is 6.00. The van der Waals surface area contributed by atoms with Crippen molar-refractivity contribution in [2.45, 2.75) is 13.5 Å². The molecular formula is C22H19F3N8O2. The van der Waals surface area contributed by atoms with Crippen molar-refractivity contribution in [2.75, 3.05) is 17.7 Å². The number of nitrogens with one attached hydrogen (secondary N) is 4. The van der Waals surface area contributed by atoms with E-state index in [2.05, 4.69) is 41.1 Å². The fourth-order valence-electron chi connectivity index (χ4n) is 3.20. The highest BCUT2D eigenvalue weighted by Gasteiger charge is 2.20. The Labute approximate surface area is 197 Å². The van der Waals surface area contributed by atoms with E-state index in [1.807, 2.05) is 0 Å². The minimum Gasteiger partial charge on any atom is -0.432 e. The summed E-state index contributed by atoms with van der Waals surface area (Å²) in [5.41, 5.74) is 1.11. The lowest BCUT2D eigenvalue weighted by Crippen LogP contribution is -2.20. The molecule has 3 aromatic heterocycles. The van der Waals surface area contributed by atoms with E-state index in [9.17, 15) is 18.0 Å². The quantitative estimate of drug-likeness (QED) is 0.293. The standard InChI is InChI=1S/C22H19F3N8O2/c1-11-6-17(28-9-14(11)23)32-18-7-16(13(8-27-18)21(34)26-2)31-15-5-3-4-12(19(15)35-22(24)25)20-29-10-30-33-20/h3-10,22H,1-2H3,(H,26,34)(H,29,30,33)(H2,27,28,31,32). The van der Waals surface area contributed by atoms with Crippen LogP contribution in [-0.2, 0) is 0 Å². The molecule has 0 spiro atoms. The van der Waals surface area contributed by atoms with Crippen molar-refractivity contribution >= 4 is 28.9 Å². The molecule has 0 saturated heterocycles. The van der Waals surface area contributed by atoms with E-state index in [1.165, 1.54) is 43.8 Å². The third kappa shape index (κ3) is 5.29. The van der Waals surface area contributed by atoms with Gasteiger partial charge in [0, 0.05) is 19.3 Å². The van der Waals surface area contributed by atoms with Crippen LogP contribution in [0.4, 0.5) is 36.2 Å². The average Bonchev–Trinajstić information content (AvgIpc) is 3.37. The van der Waals surface area contributed by atoms with Crippen molar-refractivity contribution in [1.29, 1.82) is 0 Å². The van der Waals surface area contributed by atoms with Gasteiger partial charge in [-0.25, -0.2) is 19.3 Å². The second-order valence-electron chi connectivity index (χ2n) is 7.16. The molecule has 180 valence electrons. The van der Waals surface area contributed by atoms with Crippen molar-refractivity contribution in [2.24, 2.45) is 0 Å². The second kappa shape index (κ2) is 10.1. The zero-order valence-electron chi connectivity index (χ0n) is 18.4. The lowest BCUT2D eigenvalue weighted by molar-refractivity contribution is -0.0489. The summed E-state index contributed by atoms with van der Waals surface area (Å²) in [4.78, 5) is 24.6. The summed E-state index contributed by atoms with van der Waals surface area (Å²) in [6.07, 6.45) is 3.60. The topological polar surface area (TPSA) is 130 Å². The molecule has 0 fully saturated rings. The second-order valence-corrected chi connectivity index (χ2v) is 7.16. The molecule has 3 heterocycles. The van der Waals surface area contributed by atoms with Crippen LogP contribution in [0.1, 0.15) is 15.9 Å². The van der Waals surface area contributed by atoms with Gasteiger partial charge in [0.2, 0.25) is 0 Å². The summed E-state index contributed by atoms with van der Waals surface area (Å²) in [7, 11) is 1.44. The molecule has 0 saturated carbocycles. The number of H-pyrrole nitrogens is 1. The number of nitrogens with zero attached hydrogens (tertiary/aromatic N) is 4. The predicted molar refractivity (Wildman–Crippen MR) is 122 cm³/mol. The number of carbonyl (C=O) groups excluding carboxylic acids is 1. The number of pyridine rings is 2. The van der Waals surface area contributed by atoms with E-state index in [0.29, 0.717) is 11.4 Å². The number of alkyl halides is 2. The van der Waals surface area contributed by atoms with E-state index in [-0.39, 0.29) is 39.9 Å². The molecular weight excluding hydrogens is 465 g/mol. The van der Waals surface area contributed by atoms with Gasteiger partial charge >= 0.3 is 6.61 Å². The maximum absolute atomic E-state index is 13.6. The summed E-state index contributed by atoms with van der Waals surface area (Å²) >= 11 is 0. The fourth-order valence-corrected chi connectivity index (χ4v) is 3.20. The van der Waals surface area contributed by atoms with Crippen LogP contribution in [0.15, 0.2) is 49.1 Å². The molecule has 0 aliphatic carbocycles. The molecule has 0 radical (unpaired) electrons. The normalized spacial score (nSPS) is 10.8. The molecule has 1 aromatic carbocycles. The molecule has 0 aliphatic rings. The number of hydrogen-bond acceptors (Lipinski definition) is 8. The van der Waals surface area contributed by atoms with Crippen LogP contribution in [0.25, 0.3) is 11.4 Å². The SMILES string of the molecule is CNC(=O)c1cnc(Nc2cc(C)c(F)cn2)cc1Nc1cccc(-c2ncn[nH]2)c1OC(F)F. The monoisotopic (exact) mass is 484 g/mol. The number of halogens is 3. The largest absolute Gasteiger partial charge is 0.432 e. The van der Waals surface area contributed by atoms with Gasteiger partial charge in [0.1, 0.15) is 23.8 Å². The third-order valence-electron chi connectivity index (χ3n) is 4.84. The number of hydrogen-bond donors (Lipinski definition) is 4. The minimum absolute atomic E-state index is 0.134. The molecule has 4 rings (SSSR count). The first kappa shape index (κ1) is 23.5. The van der Waals surface area contributed by atoms with Gasteiger partial charge in [-0.05, 0) is 30.7 Å². The Morgan fingerprint density at radius 2 is 1.83 bits per heavy atom. The number of rotatable bonds is 8. The Kier molecular flexibility index (Phi) is 6.76. The van der Waals surface area contributed by atoms with Gasteiger partial charge in [-0.15, -0.1) is 0 Å². The van der Waals surface area contributed by atoms with Gasteiger partial charge in [-0.1, -0.05) is 6.07 Å². The van der Waals surface area contributed by atoms with Crippen LogP contribution in [-0.4, -0.2) is 44.7 Å². The first-order chi connectivity index (χ1) is 16.9. The molecule has 1 amide bonds. The molecule has 4 N–H and O–H groups in total. The molecule has 0 atom stereocenters. The fraction of sp³-hybridized carbons (Fsp3) is 0.136. The van der Waals surface area contributed by atoms with Gasteiger partial charge in [-0.2, -0.15) is 13.9 Å². The molecule has 10 nitrogen and oxygen atoms in total. The zero-order valence-corrected chi connectivity index (χ0v) is 18.4. The van der Waals surface area contributed by atoms with Crippen molar-refractivity contribution in [3.05, 3.63) is 66.0 Å². The molecule has 0 aliphatic heterocycles. The highest BCUT2D eigenvalue weighted by Crippen LogP contribution is 2.38. The predicted octanol–water partition coefficient (Wildman–Crippen LogP) is 4.16. The van der Waals surface area contributed by atoms with Crippen LogP contribution < -0.4 is 20.7 Å². The van der Waals surface area contributed by atoms with Crippen LogP contribution in [0.5, 0.6) is 5.75 Å². The Bertz CT molecular complexity index is 1350. The van der Waals surface area contributed by atoms with Crippen LogP contribution in [0.2, 0.25) is 0 Å². The van der Waals surface area contributed by atoms with E-state index in [0.717, 1.165) is 6.20 Å². The van der Waals surface area contributed by atoms with Crippen molar-refractivity contribution in [3.63, 3.8) is 0 Å². The number of ether oxygens (including phenoxy) is 1. The Morgan fingerprint density at radius 1 is 1.06 bits per heavy atom. The lowest BCUT2D eigenvalue weighted by atomic mass is 10.1. The maximum Gasteiger partial charge on any atom is 0.387 e. The number of aromatic nitrogens is 5. The average molecular weight is 484 g/mol. The molecule has 35 heavy (non-hydrogen) atoms. The van der Waals surface area contributed by atoms with Gasteiger partial charge < -0.3 is 20.7 Å². The zero-order chi connectivity index (χ0) is 24.9. The number of para-hydroxylation sites is 1. The van der Waals surface area contributed by atoms with Gasteiger partial charge in [0.05, 0.1) is 28.7 Å². The highest BCUT2D eigenvalue weighted by atomic mass is 19.3. The number of anilines is 4. The summed E-state index contributed by atoms with van der Waals surface area (Å²) in [5, 5.41) is 14.8. The van der Waals surface area contributed by atoms with Crippen molar-refractivity contribution < 1.29 is 22.7 Å². The Morgan fingerprint density at radius 3 is 2.51 bits per heavy atom. The van der Waals surface area contributed by atoms with E-state index >= 15 is 0 Å². The summed E-state index contributed by atoms with van der Waals surface area (Å²) in [6.45, 7) is -1.54. The third-order valence-corrected chi connectivity index (χ3v) is 4.84. The van der Waals surface area contributed by atoms with Crippen LogP contribution in [0.3, 0.4) is 0 Å². The smallest absolute Gasteiger partial charge is 0.387 e. The lowest BCUT2D eigenvalue weighted by Gasteiger charge is -2.18. The van der Waals surface area contributed by atoms with Crippen LogP contribution in [0, 0.1) is 12.7 Å². The molecule has 13 heteroatoms. The van der Waals surface area contributed by atoms with Gasteiger partial charge in [0.25, 0.3) is 5.91 Å².